The van der Waals surface area contributed by atoms with Gasteiger partial charge in [-0.1, -0.05) is 6.92 Å². The van der Waals surface area contributed by atoms with Crippen LogP contribution in [0.25, 0.3) is 0 Å². The number of carboxylic acids is 1. The third-order valence-electron chi connectivity index (χ3n) is 3.62. The fraction of sp³-hybridized carbons (Fsp3) is 0.923. The van der Waals surface area contributed by atoms with Crippen molar-refractivity contribution in [1.82, 2.24) is 15.1 Å². The van der Waals surface area contributed by atoms with Gasteiger partial charge in [-0.15, -0.1) is 0 Å². The van der Waals surface area contributed by atoms with Crippen molar-refractivity contribution in [2.24, 2.45) is 0 Å². The molecular formula is C13H27N3O2. The Morgan fingerprint density at radius 1 is 1.28 bits per heavy atom. The molecule has 1 heterocycles. The van der Waals surface area contributed by atoms with Gasteiger partial charge in [0.15, 0.2) is 0 Å². The molecule has 0 aromatic carbocycles. The molecule has 18 heavy (non-hydrogen) atoms. The van der Waals surface area contributed by atoms with Crippen molar-refractivity contribution < 1.29 is 9.90 Å². The SMILES string of the molecule is CCNC(CCN1CCN(C(C)C)CC1)C(=O)O. The number of piperazine rings is 1. The molecule has 1 fully saturated rings. The average molecular weight is 257 g/mol. The van der Waals surface area contributed by atoms with Crippen molar-refractivity contribution in [2.75, 3.05) is 39.3 Å². The van der Waals surface area contributed by atoms with Gasteiger partial charge in [-0.25, -0.2) is 0 Å². The van der Waals surface area contributed by atoms with E-state index in [-0.39, 0.29) is 0 Å². The molecule has 0 aromatic heterocycles. The first-order valence-corrected chi connectivity index (χ1v) is 6.97. The average Bonchev–Trinajstić information content (AvgIpc) is 2.34. The van der Waals surface area contributed by atoms with Crippen molar-refractivity contribution >= 4 is 5.97 Å². The molecule has 1 atom stereocenters. The van der Waals surface area contributed by atoms with Gasteiger partial charge in [0.2, 0.25) is 0 Å². The molecule has 0 radical (unpaired) electrons. The van der Waals surface area contributed by atoms with Gasteiger partial charge in [0, 0.05) is 38.8 Å². The second-order valence-corrected chi connectivity index (χ2v) is 5.21. The van der Waals surface area contributed by atoms with E-state index in [1.165, 1.54) is 0 Å². The third-order valence-corrected chi connectivity index (χ3v) is 3.62. The fourth-order valence-corrected chi connectivity index (χ4v) is 2.37. The van der Waals surface area contributed by atoms with Crippen LogP contribution in [0.2, 0.25) is 0 Å². The summed E-state index contributed by atoms with van der Waals surface area (Å²) in [5.74, 6) is -0.738. The number of carboxylic acid groups (broad SMARTS) is 1. The second kappa shape index (κ2) is 7.71. The van der Waals surface area contributed by atoms with Crippen LogP contribution in [-0.2, 0) is 4.79 Å². The number of aliphatic carboxylic acids is 1. The molecule has 1 aliphatic rings. The van der Waals surface area contributed by atoms with Gasteiger partial charge in [-0.05, 0) is 26.8 Å². The second-order valence-electron chi connectivity index (χ2n) is 5.21. The molecule has 2 N–H and O–H groups in total. The van der Waals surface area contributed by atoms with Crippen LogP contribution >= 0.6 is 0 Å². The highest BCUT2D eigenvalue weighted by Crippen LogP contribution is 2.07. The molecule has 0 aliphatic carbocycles. The zero-order valence-corrected chi connectivity index (χ0v) is 11.9. The number of likely N-dealkylation sites (N-methyl/N-ethyl adjacent to an activating group) is 1. The van der Waals surface area contributed by atoms with E-state index in [9.17, 15) is 4.79 Å². The maximum atomic E-state index is 11.0. The number of nitrogens with one attached hydrogen (secondary N) is 1. The van der Waals surface area contributed by atoms with E-state index in [1.807, 2.05) is 6.92 Å². The zero-order chi connectivity index (χ0) is 13.5. The van der Waals surface area contributed by atoms with Gasteiger partial charge in [0.1, 0.15) is 6.04 Å². The van der Waals surface area contributed by atoms with Gasteiger partial charge in [-0.2, -0.15) is 0 Å². The largest absolute Gasteiger partial charge is 0.480 e. The minimum Gasteiger partial charge on any atom is -0.480 e. The molecule has 0 spiro atoms. The Morgan fingerprint density at radius 2 is 1.89 bits per heavy atom. The molecule has 0 bridgehead atoms. The Hall–Kier alpha value is -0.650. The van der Waals surface area contributed by atoms with Gasteiger partial charge in [0.05, 0.1) is 0 Å². The minimum atomic E-state index is -0.738. The van der Waals surface area contributed by atoms with E-state index in [0.29, 0.717) is 19.0 Å². The van der Waals surface area contributed by atoms with E-state index in [0.717, 1.165) is 32.7 Å². The third kappa shape index (κ3) is 4.92. The topological polar surface area (TPSA) is 55.8 Å². The lowest BCUT2D eigenvalue weighted by Crippen LogP contribution is -2.50. The van der Waals surface area contributed by atoms with E-state index < -0.39 is 12.0 Å². The van der Waals surface area contributed by atoms with Crippen LogP contribution in [0.5, 0.6) is 0 Å². The summed E-state index contributed by atoms with van der Waals surface area (Å²) >= 11 is 0. The molecule has 5 heteroatoms. The van der Waals surface area contributed by atoms with E-state index in [1.54, 1.807) is 0 Å². The Morgan fingerprint density at radius 3 is 2.33 bits per heavy atom. The Kier molecular flexibility index (Phi) is 6.60. The van der Waals surface area contributed by atoms with Crippen LogP contribution in [0, 0.1) is 0 Å². The van der Waals surface area contributed by atoms with E-state index >= 15 is 0 Å². The lowest BCUT2D eigenvalue weighted by molar-refractivity contribution is -0.139. The standard InChI is InChI=1S/C13H27N3O2/c1-4-14-12(13(17)18)5-6-15-7-9-16(10-8-15)11(2)3/h11-12,14H,4-10H2,1-3H3,(H,17,18). The smallest absolute Gasteiger partial charge is 0.320 e. The Balaban J connectivity index is 2.26. The summed E-state index contributed by atoms with van der Waals surface area (Å²) in [6.45, 7) is 12.3. The first-order valence-electron chi connectivity index (χ1n) is 6.97. The molecule has 0 amide bonds. The first-order chi connectivity index (χ1) is 8.54. The highest BCUT2D eigenvalue weighted by molar-refractivity contribution is 5.73. The summed E-state index contributed by atoms with van der Waals surface area (Å²) in [7, 11) is 0. The summed E-state index contributed by atoms with van der Waals surface area (Å²) in [4.78, 5) is 15.8. The van der Waals surface area contributed by atoms with Gasteiger partial charge < -0.3 is 15.3 Å². The van der Waals surface area contributed by atoms with Crippen LogP contribution < -0.4 is 5.32 Å². The van der Waals surface area contributed by atoms with Crippen LogP contribution in [0.15, 0.2) is 0 Å². The maximum absolute atomic E-state index is 11.0. The summed E-state index contributed by atoms with van der Waals surface area (Å²) in [6.07, 6.45) is 0.685. The van der Waals surface area contributed by atoms with Crippen molar-refractivity contribution in [3.05, 3.63) is 0 Å². The quantitative estimate of drug-likeness (QED) is 0.694. The minimum absolute atomic E-state index is 0.405. The first kappa shape index (κ1) is 15.4. The van der Waals surface area contributed by atoms with Crippen LogP contribution in [-0.4, -0.2) is 72.2 Å². The number of hydrogen-bond acceptors (Lipinski definition) is 4. The number of nitrogens with zero attached hydrogens (tertiary/aromatic N) is 2. The predicted octanol–water partition coefficient (Wildman–Crippen LogP) is 0.465. The summed E-state index contributed by atoms with van der Waals surface area (Å²) in [5, 5.41) is 12.1. The normalized spacial score (nSPS) is 20.2. The number of carbonyl (C=O) groups is 1. The lowest BCUT2D eigenvalue weighted by Gasteiger charge is -2.37. The molecule has 1 saturated heterocycles. The molecule has 1 rings (SSSR count). The van der Waals surface area contributed by atoms with Crippen LogP contribution in [0.3, 0.4) is 0 Å². The highest BCUT2D eigenvalue weighted by Gasteiger charge is 2.21. The molecule has 5 nitrogen and oxygen atoms in total. The summed E-state index contributed by atoms with van der Waals surface area (Å²) in [6, 6.07) is 0.207. The molecule has 1 aliphatic heterocycles. The fourth-order valence-electron chi connectivity index (χ4n) is 2.37. The van der Waals surface area contributed by atoms with Gasteiger partial charge >= 0.3 is 5.97 Å². The molecule has 0 aromatic rings. The molecule has 0 saturated carbocycles. The van der Waals surface area contributed by atoms with Crippen molar-refractivity contribution in [2.45, 2.75) is 39.3 Å². The predicted molar refractivity (Wildman–Crippen MR) is 72.9 cm³/mol. The summed E-state index contributed by atoms with van der Waals surface area (Å²) < 4.78 is 0. The number of rotatable bonds is 7. The molecule has 106 valence electrons. The van der Waals surface area contributed by atoms with Crippen molar-refractivity contribution in [1.29, 1.82) is 0 Å². The van der Waals surface area contributed by atoms with Gasteiger partial charge in [0.25, 0.3) is 0 Å². The lowest BCUT2D eigenvalue weighted by atomic mass is 10.1. The highest BCUT2D eigenvalue weighted by atomic mass is 16.4. The van der Waals surface area contributed by atoms with Crippen molar-refractivity contribution in [3.63, 3.8) is 0 Å². The molecule has 1 unspecified atom stereocenters. The molecular weight excluding hydrogens is 230 g/mol. The van der Waals surface area contributed by atoms with Crippen LogP contribution in [0.1, 0.15) is 27.2 Å². The van der Waals surface area contributed by atoms with Gasteiger partial charge in [-0.3, -0.25) is 9.69 Å². The van der Waals surface area contributed by atoms with E-state index in [2.05, 4.69) is 29.0 Å². The van der Waals surface area contributed by atoms with E-state index in [4.69, 9.17) is 5.11 Å². The van der Waals surface area contributed by atoms with Crippen LogP contribution in [0.4, 0.5) is 0 Å². The maximum Gasteiger partial charge on any atom is 0.320 e. The Bertz CT molecular complexity index is 251. The summed E-state index contributed by atoms with van der Waals surface area (Å²) in [5.41, 5.74) is 0. The zero-order valence-electron chi connectivity index (χ0n) is 11.9. The number of hydrogen-bond donors (Lipinski definition) is 2. The Labute approximate surface area is 110 Å². The van der Waals surface area contributed by atoms with Crippen molar-refractivity contribution in [3.8, 4) is 0 Å². The monoisotopic (exact) mass is 257 g/mol.